The summed E-state index contributed by atoms with van der Waals surface area (Å²) < 4.78 is 14.4. The number of anilines is 1. The van der Waals surface area contributed by atoms with Gasteiger partial charge in [0.15, 0.2) is 0 Å². The third-order valence-electron chi connectivity index (χ3n) is 3.12. The van der Waals surface area contributed by atoms with Gasteiger partial charge in [-0.3, -0.25) is 0 Å². The average Bonchev–Trinajstić information content (AvgIpc) is 2.33. The van der Waals surface area contributed by atoms with Gasteiger partial charge in [0.25, 0.3) is 0 Å². The van der Waals surface area contributed by atoms with Crippen LogP contribution in [-0.2, 0) is 6.54 Å². The van der Waals surface area contributed by atoms with Crippen LogP contribution in [0.3, 0.4) is 0 Å². The Morgan fingerprint density at radius 3 is 2.67 bits per heavy atom. The minimum Gasteiger partial charge on any atom is -0.379 e. The molecule has 0 aromatic heterocycles. The highest BCUT2D eigenvalue weighted by Gasteiger charge is 2.04. The molecule has 0 aliphatic rings. The molecule has 94 valence electrons. The predicted molar refractivity (Wildman–Crippen MR) is 77.3 cm³/mol. The predicted octanol–water partition coefficient (Wildman–Crippen LogP) is 4.82. The van der Waals surface area contributed by atoms with Crippen molar-refractivity contribution >= 4 is 21.6 Å². The molecule has 2 aromatic rings. The number of benzene rings is 2. The van der Waals surface area contributed by atoms with Gasteiger partial charge in [0, 0.05) is 11.0 Å². The maximum Gasteiger partial charge on any atom is 0.147 e. The molecule has 0 fully saturated rings. The van der Waals surface area contributed by atoms with Crippen molar-refractivity contribution < 1.29 is 4.39 Å². The van der Waals surface area contributed by atoms with E-state index in [0.717, 1.165) is 4.47 Å². The summed E-state index contributed by atoms with van der Waals surface area (Å²) in [6.45, 7) is 4.80. The van der Waals surface area contributed by atoms with Crippen LogP contribution in [0.4, 0.5) is 10.1 Å². The Hall–Kier alpha value is -1.35. The lowest BCUT2D eigenvalue weighted by Gasteiger charge is -2.11. The smallest absolute Gasteiger partial charge is 0.147 e. The van der Waals surface area contributed by atoms with Crippen LogP contribution in [0.1, 0.15) is 16.7 Å². The largest absolute Gasteiger partial charge is 0.379 e. The highest BCUT2D eigenvalue weighted by Crippen LogP contribution is 2.21. The third kappa shape index (κ3) is 2.91. The Balaban J connectivity index is 2.14. The molecule has 2 rings (SSSR count). The second-order valence-corrected chi connectivity index (χ2v) is 5.25. The van der Waals surface area contributed by atoms with Crippen molar-refractivity contribution in [3.8, 4) is 0 Å². The summed E-state index contributed by atoms with van der Waals surface area (Å²) in [5.74, 6) is -0.241. The Labute approximate surface area is 115 Å². The lowest BCUT2D eigenvalue weighted by Crippen LogP contribution is -2.03. The number of hydrogen-bond acceptors (Lipinski definition) is 1. The van der Waals surface area contributed by atoms with E-state index in [1.54, 1.807) is 6.07 Å². The molecule has 0 amide bonds. The van der Waals surface area contributed by atoms with Gasteiger partial charge < -0.3 is 5.32 Å². The summed E-state index contributed by atoms with van der Waals surface area (Å²) in [5, 5.41) is 3.13. The first kappa shape index (κ1) is 13.1. The van der Waals surface area contributed by atoms with Crippen LogP contribution in [0, 0.1) is 19.7 Å². The first-order valence-electron chi connectivity index (χ1n) is 5.82. The van der Waals surface area contributed by atoms with Crippen LogP contribution in [0.15, 0.2) is 40.9 Å². The minimum atomic E-state index is -0.241. The van der Waals surface area contributed by atoms with E-state index in [0.29, 0.717) is 12.2 Å². The first-order chi connectivity index (χ1) is 8.58. The average molecular weight is 308 g/mol. The second-order valence-electron chi connectivity index (χ2n) is 4.34. The maximum atomic E-state index is 13.6. The van der Waals surface area contributed by atoms with Gasteiger partial charge in [0.1, 0.15) is 5.82 Å². The van der Waals surface area contributed by atoms with Gasteiger partial charge in [-0.25, -0.2) is 4.39 Å². The topological polar surface area (TPSA) is 12.0 Å². The molecule has 0 aliphatic carbocycles. The van der Waals surface area contributed by atoms with Gasteiger partial charge in [0.2, 0.25) is 0 Å². The summed E-state index contributed by atoms with van der Waals surface area (Å²) in [5.41, 5.74) is 4.23. The molecule has 0 bridgehead atoms. The molecule has 0 spiro atoms. The molecule has 0 saturated carbocycles. The van der Waals surface area contributed by atoms with E-state index < -0.39 is 0 Å². The highest BCUT2D eigenvalue weighted by atomic mass is 79.9. The minimum absolute atomic E-state index is 0.241. The fourth-order valence-electron chi connectivity index (χ4n) is 1.83. The molecule has 0 atom stereocenters. The number of aryl methyl sites for hydroxylation is 1. The summed E-state index contributed by atoms with van der Waals surface area (Å²) >= 11 is 3.25. The standard InChI is InChI=1S/C15H15BrFN/c1-10-4-3-5-12(11(10)2)9-18-15-7-6-13(16)8-14(15)17/h3-8,18H,9H2,1-2H3. The van der Waals surface area contributed by atoms with Crippen molar-refractivity contribution in [3.05, 3.63) is 63.4 Å². The molecule has 0 heterocycles. The van der Waals surface area contributed by atoms with Gasteiger partial charge in [-0.15, -0.1) is 0 Å². The van der Waals surface area contributed by atoms with E-state index >= 15 is 0 Å². The van der Waals surface area contributed by atoms with Crippen LogP contribution in [0.5, 0.6) is 0 Å². The zero-order valence-corrected chi connectivity index (χ0v) is 12.0. The monoisotopic (exact) mass is 307 g/mol. The van der Waals surface area contributed by atoms with Crippen molar-refractivity contribution in [2.24, 2.45) is 0 Å². The van der Waals surface area contributed by atoms with E-state index in [-0.39, 0.29) is 5.82 Å². The highest BCUT2D eigenvalue weighted by molar-refractivity contribution is 9.10. The van der Waals surface area contributed by atoms with Crippen LogP contribution >= 0.6 is 15.9 Å². The summed E-state index contributed by atoms with van der Waals surface area (Å²) in [7, 11) is 0. The summed E-state index contributed by atoms with van der Waals surface area (Å²) in [6, 6.07) is 11.2. The van der Waals surface area contributed by atoms with Gasteiger partial charge in [0.05, 0.1) is 5.69 Å². The summed E-state index contributed by atoms with van der Waals surface area (Å²) in [4.78, 5) is 0. The van der Waals surface area contributed by atoms with Crippen molar-refractivity contribution in [1.82, 2.24) is 0 Å². The molecule has 0 unspecified atom stereocenters. The molecule has 2 aromatic carbocycles. The van der Waals surface area contributed by atoms with Crippen LogP contribution in [0.2, 0.25) is 0 Å². The van der Waals surface area contributed by atoms with Gasteiger partial charge >= 0.3 is 0 Å². The SMILES string of the molecule is Cc1cccc(CNc2ccc(Br)cc2F)c1C. The van der Waals surface area contributed by atoms with Crippen molar-refractivity contribution in [2.75, 3.05) is 5.32 Å². The number of nitrogens with one attached hydrogen (secondary N) is 1. The quantitative estimate of drug-likeness (QED) is 0.857. The fourth-order valence-corrected chi connectivity index (χ4v) is 2.16. The van der Waals surface area contributed by atoms with Gasteiger partial charge in [-0.05, 0) is 48.7 Å². The van der Waals surface area contributed by atoms with E-state index in [1.165, 1.54) is 22.8 Å². The molecule has 1 N–H and O–H groups in total. The lowest BCUT2D eigenvalue weighted by atomic mass is 10.0. The molecule has 0 radical (unpaired) electrons. The van der Waals surface area contributed by atoms with Crippen molar-refractivity contribution in [2.45, 2.75) is 20.4 Å². The molecule has 0 saturated heterocycles. The normalized spacial score (nSPS) is 10.4. The lowest BCUT2D eigenvalue weighted by molar-refractivity contribution is 0.629. The summed E-state index contributed by atoms with van der Waals surface area (Å²) in [6.07, 6.45) is 0. The van der Waals surface area contributed by atoms with E-state index in [1.807, 2.05) is 12.1 Å². The van der Waals surface area contributed by atoms with E-state index in [4.69, 9.17) is 0 Å². The molecular weight excluding hydrogens is 293 g/mol. The number of rotatable bonds is 3. The second kappa shape index (κ2) is 5.53. The van der Waals surface area contributed by atoms with Gasteiger partial charge in [-0.1, -0.05) is 34.1 Å². The third-order valence-corrected chi connectivity index (χ3v) is 3.61. The van der Waals surface area contributed by atoms with E-state index in [2.05, 4.69) is 47.2 Å². The van der Waals surface area contributed by atoms with Crippen LogP contribution in [-0.4, -0.2) is 0 Å². The first-order valence-corrected chi connectivity index (χ1v) is 6.61. The zero-order chi connectivity index (χ0) is 13.1. The van der Waals surface area contributed by atoms with Crippen LogP contribution in [0.25, 0.3) is 0 Å². The number of halogens is 2. The molecule has 18 heavy (non-hydrogen) atoms. The van der Waals surface area contributed by atoms with Crippen LogP contribution < -0.4 is 5.32 Å². The molecule has 0 aliphatic heterocycles. The zero-order valence-electron chi connectivity index (χ0n) is 10.4. The molecule has 1 nitrogen and oxygen atoms in total. The van der Waals surface area contributed by atoms with E-state index in [9.17, 15) is 4.39 Å². The Kier molecular flexibility index (Phi) is 4.02. The Bertz CT molecular complexity index is 566. The molecule has 3 heteroatoms. The number of hydrogen-bond donors (Lipinski definition) is 1. The molecular formula is C15H15BrFN. The van der Waals surface area contributed by atoms with Crippen molar-refractivity contribution in [1.29, 1.82) is 0 Å². The maximum absolute atomic E-state index is 13.6. The fraction of sp³-hybridized carbons (Fsp3) is 0.200. The van der Waals surface area contributed by atoms with Crippen molar-refractivity contribution in [3.63, 3.8) is 0 Å². The Morgan fingerprint density at radius 2 is 1.94 bits per heavy atom. The Morgan fingerprint density at radius 1 is 1.17 bits per heavy atom. The van der Waals surface area contributed by atoms with Gasteiger partial charge in [-0.2, -0.15) is 0 Å².